The highest BCUT2D eigenvalue weighted by atomic mass is 35.5. The van der Waals surface area contributed by atoms with Crippen molar-refractivity contribution >= 4 is 34.6 Å². The first-order valence-corrected chi connectivity index (χ1v) is 5.46. The summed E-state index contributed by atoms with van der Waals surface area (Å²) in [6.45, 7) is 0.246. The number of rotatable bonds is 2. The van der Waals surface area contributed by atoms with Crippen LogP contribution in [0.1, 0.15) is 0 Å². The number of halogens is 2. The number of nitrogens with zero attached hydrogens (tertiary/aromatic N) is 2. The Kier molecular flexibility index (Phi) is 3.39. The Morgan fingerprint density at radius 2 is 2.12 bits per heavy atom. The summed E-state index contributed by atoms with van der Waals surface area (Å²) < 4.78 is 0. The summed E-state index contributed by atoms with van der Waals surface area (Å²) in [5, 5.41) is 21.7. The summed E-state index contributed by atoms with van der Waals surface area (Å²) in [7, 11) is 0. The smallest absolute Gasteiger partial charge is 0.296 e. The second-order valence-corrected chi connectivity index (χ2v) is 4.34. The lowest BCUT2D eigenvalue weighted by atomic mass is 10.2. The Morgan fingerprint density at radius 1 is 1.47 bits per heavy atom. The fraction of sp³-hybridized carbons (Fsp3) is 0.333. The van der Waals surface area contributed by atoms with E-state index in [0.717, 1.165) is 6.07 Å². The van der Waals surface area contributed by atoms with Crippen molar-refractivity contribution in [3.63, 3.8) is 0 Å². The molecule has 1 aliphatic rings. The van der Waals surface area contributed by atoms with Gasteiger partial charge in [-0.1, -0.05) is 23.2 Å². The zero-order valence-corrected chi connectivity index (χ0v) is 9.98. The molecule has 1 atom stereocenters. The number of nitro benzene ring substituents is 1. The topological polar surface area (TPSA) is 75.8 Å². The van der Waals surface area contributed by atoms with Gasteiger partial charge in [0.2, 0.25) is 0 Å². The summed E-state index contributed by atoms with van der Waals surface area (Å²) in [6.07, 6.45) is -0.677. The molecule has 0 spiro atoms. The molecule has 0 amide bonds. The van der Waals surface area contributed by atoms with Crippen molar-refractivity contribution in [2.45, 2.75) is 6.10 Å². The van der Waals surface area contributed by atoms with Crippen molar-refractivity contribution in [3.05, 3.63) is 32.3 Å². The van der Waals surface area contributed by atoms with E-state index in [1.807, 2.05) is 0 Å². The highest BCUT2D eigenvalue weighted by molar-refractivity contribution is 6.42. The molecule has 1 aliphatic heterocycles. The van der Waals surface area contributed by atoms with Crippen LogP contribution in [-0.2, 0) is 4.84 Å². The van der Waals surface area contributed by atoms with E-state index in [-0.39, 0.29) is 34.6 Å². The molecule has 1 unspecified atom stereocenters. The number of hydrogen-bond donors (Lipinski definition) is 1. The molecule has 1 aromatic carbocycles. The van der Waals surface area contributed by atoms with Gasteiger partial charge in [-0.2, -0.15) is 0 Å². The maximum Gasteiger partial charge on any atom is 0.296 e. The van der Waals surface area contributed by atoms with Crippen molar-refractivity contribution in [2.75, 3.05) is 18.2 Å². The maximum atomic E-state index is 10.9. The highest BCUT2D eigenvalue weighted by Crippen LogP contribution is 2.37. The average Bonchev–Trinajstić information content (AvgIpc) is 2.68. The SMILES string of the molecule is O=[N+]([O-])c1cc(Cl)c(Cl)cc1N1CC(O)CO1. The van der Waals surface area contributed by atoms with Gasteiger partial charge in [-0.15, -0.1) is 0 Å². The lowest BCUT2D eigenvalue weighted by Gasteiger charge is -2.16. The molecule has 1 N–H and O–H groups in total. The third-order valence-corrected chi connectivity index (χ3v) is 3.00. The van der Waals surface area contributed by atoms with Crippen molar-refractivity contribution in [1.29, 1.82) is 0 Å². The number of anilines is 1. The van der Waals surface area contributed by atoms with Crippen LogP contribution in [0.15, 0.2) is 12.1 Å². The normalized spacial score (nSPS) is 19.7. The quantitative estimate of drug-likeness (QED) is 0.662. The zero-order chi connectivity index (χ0) is 12.6. The first-order valence-electron chi connectivity index (χ1n) is 4.71. The fourth-order valence-electron chi connectivity index (χ4n) is 1.51. The molecule has 2 rings (SSSR count). The molecule has 6 nitrogen and oxygen atoms in total. The average molecular weight is 279 g/mol. The monoisotopic (exact) mass is 278 g/mol. The van der Waals surface area contributed by atoms with Crippen LogP contribution >= 0.6 is 23.2 Å². The van der Waals surface area contributed by atoms with Gasteiger partial charge in [0.15, 0.2) is 0 Å². The molecule has 0 saturated carbocycles. The molecule has 92 valence electrons. The zero-order valence-electron chi connectivity index (χ0n) is 8.47. The van der Waals surface area contributed by atoms with Crippen LogP contribution in [0.5, 0.6) is 0 Å². The molecule has 0 bridgehead atoms. The van der Waals surface area contributed by atoms with Gasteiger partial charge in [-0.05, 0) is 6.07 Å². The van der Waals surface area contributed by atoms with Crippen molar-refractivity contribution in [3.8, 4) is 0 Å². The van der Waals surface area contributed by atoms with E-state index < -0.39 is 11.0 Å². The minimum Gasteiger partial charge on any atom is -0.389 e. The van der Waals surface area contributed by atoms with E-state index >= 15 is 0 Å². The van der Waals surface area contributed by atoms with E-state index in [1.54, 1.807) is 0 Å². The number of nitro groups is 1. The number of benzene rings is 1. The van der Waals surface area contributed by atoms with Gasteiger partial charge in [-0.3, -0.25) is 15.0 Å². The molecule has 1 aromatic rings. The minimum atomic E-state index is -0.677. The number of hydrogen-bond acceptors (Lipinski definition) is 5. The predicted molar refractivity (Wildman–Crippen MR) is 62.4 cm³/mol. The third-order valence-electron chi connectivity index (χ3n) is 2.28. The molecule has 1 heterocycles. The summed E-state index contributed by atoms with van der Waals surface area (Å²) in [4.78, 5) is 15.4. The van der Waals surface area contributed by atoms with Crippen LogP contribution in [0, 0.1) is 10.1 Å². The molecule has 17 heavy (non-hydrogen) atoms. The van der Waals surface area contributed by atoms with Crippen LogP contribution < -0.4 is 5.06 Å². The van der Waals surface area contributed by atoms with Crippen LogP contribution in [0.2, 0.25) is 10.0 Å². The van der Waals surface area contributed by atoms with E-state index in [0.29, 0.717) is 0 Å². The first-order chi connectivity index (χ1) is 7.99. The van der Waals surface area contributed by atoms with Gasteiger partial charge < -0.3 is 5.11 Å². The highest BCUT2D eigenvalue weighted by Gasteiger charge is 2.28. The van der Waals surface area contributed by atoms with E-state index in [4.69, 9.17) is 28.0 Å². The number of aliphatic hydroxyl groups excluding tert-OH is 1. The fourth-order valence-corrected chi connectivity index (χ4v) is 1.83. The van der Waals surface area contributed by atoms with Gasteiger partial charge in [-0.25, -0.2) is 5.06 Å². The Morgan fingerprint density at radius 3 is 2.65 bits per heavy atom. The molecule has 0 radical (unpaired) electrons. The Bertz CT molecular complexity index is 469. The van der Waals surface area contributed by atoms with Gasteiger partial charge in [0.05, 0.1) is 27.6 Å². The molecule has 1 saturated heterocycles. The van der Waals surface area contributed by atoms with E-state index in [2.05, 4.69) is 0 Å². The molecule has 0 aliphatic carbocycles. The molecule has 0 aromatic heterocycles. The van der Waals surface area contributed by atoms with Crippen molar-refractivity contribution in [2.24, 2.45) is 0 Å². The number of hydroxylamine groups is 1. The second kappa shape index (κ2) is 4.66. The number of β-amino-alcohol motifs (C(OH)–C–C–N with tert-alkyl or cyclic N) is 1. The summed E-state index contributed by atoms with van der Waals surface area (Å²) in [5.41, 5.74) is -0.0329. The lowest BCUT2D eigenvalue weighted by Crippen LogP contribution is -2.21. The Hall–Kier alpha value is -1.08. The predicted octanol–water partition coefficient (Wildman–Crippen LogP) is 2.01. The minimum absolute atomic E-state index is 0.0946. The van der Waals surface area contributed by atoms with Crippen LogP contribution in [0.25, 0.3) is 0 Å². The van der Waals surface area contributed by atoms with Crippen LogP contribution in [-0.4, -0.2) is 29.3 Å². The van der Waals surface area contributed by atoms with Crippen LogP contribution in [0.4, 0.5) is 11.4 Å². The molecular weight excluding hydrogens is 271 g/mol. The Balaban J connectivity index is 2.44. The molecular formula is C9H8Cl2N2O4. The summed E-state index contributed by atoms with van der Waals surface area (Å²) in [5.74, 6) is 0. The van der Waals surface area contributed by atoms with E-state index in [9.17, 15) is 15.2 Å². The third kappa shape index (κ3) is 2.44. The second-order valence-electron chi connectivity index (χ2n) is 3.52. The van der Waals surface area contributed by atoms with Crippen LogP contribution in [0.3, 0.4) is 0 Å². The first kappa shape index (κ1) is 12.4. The van der Waals surface area contributed by atoms with Gasteiger partial charge in [0.25, 0.3) is 5.69 Å². The largest absolute Gasteiger partial charge is 0.389 e. The van der Waals surface area contributed by atoms with Gasteiger partial charge >= 0.3 is 0 Å². The molecule has 8 heteroatoms. The summed E-state index contributed by atoms with van der Waals surface area (Å²) in [6, 6.07) is 2.51. The Labute approximate surface area is 106 Å². The van der Waals surface area contributed by atoms with Gasteiger partial charge in [0, 0.05) is 6.07 Å². The standard InChI is InChI=1S/C9H8Cl2N2O4/c10-6-1-8(12-3-5(14)4-17-12)9(13(15)16)2-7(6)11/h1-2,5,14H,3-4H2. The van der Waals surface area contributed by atoms with E-state index in [1.165, 1.54) is 11.1 Å². The van der Waals surface area contributed by atoms with Gasteiger partial charge in [0.1, 0.15) is 12.3 Å². The molecule has 1 fully saturated rings. The van der Waals surface area contributed by atoms with Crippen molar-refractivity contribution in [1.82, 2.24) is 0 Å². The van der Waals surface area contributed by atoms with Crippen molar-refractivity contribution < 1.29 is 14.9 Å². The lowest BCUT2D eigenvalue weighted by molar-refractivity contribution is -0.384. The maximum absolute atomic E-state index is 10.9. The number of aliphatic hydroxyl groups is 1. The summed E-state index contributed by atoms with van der Waals surface area (Å²) >= 11 is 11.5.